The number of fused-ring (bicyclic) bond motifs is 1. The van der Waals surface area contributed by atoms with Crippen LogP contribution in [0.1, 0.15) is 0 Å². The van der Waals surface area contributed by atoms with E-state index in [9.17, 15) is 4.79 Å². The number of nitrogens with two attached hydrogens (primary N) is 1. The van der Waals surface area contributed by atoms with E-state index in [1.54, 1.807) is 29.1 Å². The number of anilines is 1. The first kappa shape index (κ1) is 11.7. The molecule has 2 aromatic heterocycles. The Morgan fingerprint density at radius 2 is 2.26 bits per heavy atom. The minimum Gasteiger partial charge on any atom is -0.399 e. The van der Waals surface area contributed by atoms with Gasteiger partial charge in [-0.05, 0) is 30.0 Å². The molecule has 0 fully saturated rings. The summed E-state index contributed by atoms with van der Waals surface area (Å²) in [6.07, 6.45) is 1.59. The second-order valence-electron chi connectivity index (χ2n) is 3.97. The minimum atomic E-state index is -0.220. The zero-order valence-electron chi connectivity index (χ0n) is 9.99. The highest BCUT2D eigenvalue weighted by molar-refractivity contribution is 7.99. The molecule has 0 saturated carbocycles. The van der Waals surface area contributed by atoms with E-state index in [4.69, 9.17) is 5.73 Å². The van der Waals surface area contributed by atoms with Gasteiger partial charge in [-0.2, -0.15) is 0 Å². The third-order valence-electron chi connectivity index (χ3n) is 2.57. The van der Waals surface area contributed by atoms with E-state index in [2.05, 4.69) is 20.2 Å². The predicted octanol–water partition coefficient (Wildman–Crippen LogP) is 0.785. The number of H-pyrrole nitrogens is 1. The van der Waals surface area contributed by atoms with E-state index < -0.39 is 0 Å². The van der Waals surface area contributed by atoms with Gasteiger partial charge in [0.05, 0.1) is 10.9 Å². The molecule has 3 aromatic rings. The molecule has 0 aliphatic carbocycles. The second kappa shape index (κ2) is 4.39. The quantitative estimate of drug-likeness (QED) is 0.529. The highest BCUT2D eigenvalue weighted by Gasteiger charge is 2.08. The van der Waals surface area contributed by atoms with Gasteiger partial charge in [0.25, 0.3) is 5.56 Å². The summed E-state index contributed by atoms with van der Waals surface area (Å²) in [5, 5.41) is 9.29. The molecule has 0 amide bonds. The molecule has 3 rings (SSSR count). The first-order valence-corrected chi connectivity index (χ1v) is 6.26. The molecular weight excluding hydrogens is 264 g/mol. The summed E-state index contributed by atoms with van der Waals surface area (Å²) in [5.74, 6) is 0. The molecular formula is C11H10N6OS. The maximum Gasteiger partial charge on any atom is 0.259 e. The number of aryl methyl sites for hydroxylation is 1. The highest BCUT2D eigenvalue weighted by atomic mass is 32.2. The fourth-order valence-corrected chi connectivity index (χ4v) is 2.37. The Kier molecular flexibility index (Phi) is 2.71. The first-order valence-electron chi connectivity index (χ1n) is 5.45. The lowest BCUT2D eigenvalue weighted by Gasteiger charge is -2.02. The van der Waals surface area contributed by atoms with Crippen LogP contribution in [0.25, 0.3) is 10.9 Å². The van der Waals surface area contributed by atoms with Gasteiger partial charge in [0.1, 0.15) is 6.33 Å². The Hall–Kier alpha value is -2.35. The summed E-state index contributed by atoms with van der Waals surface area (Å²) in [4.78, 5) is 19.0. The van der Waals surface area contributed by atoms with Crippen molar-refractivity contribution in [2.24, 2.45) is 7.05 Å². The molecule has 2 heterocycles. The summed E-state index contributed by atoms with van der Waals surface area (Å²) >= 11 is 1.25. The Bertz CT molecular complexity index is 808. The molecule has 0 saturated heterocycles. The molecule has 1 aromatic carbocycles. The van der Waals surface area contributed by atoms with Crippen molar-refractivity contribution in [3.05, 3.63) is 34.9 Å². The van der Waals surface area contributed by atoms with Crippen molar-refractivity contribution in [1.29, 1.82) is 0 Å². The van der Waals surface area contributed by atoms with Crippen LogP contribution in [0.15, 0.2) is 39.6 Å². The summed E-state index contributed by atoms with van der Waals surface area (Å²) in [7, 11) is 1.82. The SMILES string of the molecule is Cn1cnnc1Sc1nc2ccc(N)cc2c(=O)[nH]1. The maximum absolute atomic E-state index is 12.0. The van der Waals surface area contributed by atoms with Crippen LogP contribution in [-0.4, -0.2) is 24.7 Å². The standard InChI is InChI=1S/C11H10N6OS/c1-17-5-13-16-11(17)19-10-14-8-3-2-6(12)4-7(8)9(18)15-10/h2-5H,12H2,1H3,(H,14,15,18). The van der Waals surface area contributed by atoms with Crippen LogP contribution in [0.3, 0.4) is 0 Å². The fraction of sp³-hybridized carbons (Fsp3) is 0.0909. The fourth-order valence-electron chi connectivity index (χ4n) is 1.63. The van der Waals surface area contributed by atoms with Crippen molar-refractivity contribution in [2.45, 2.75) is 10.3 Å². The van der Waals surface area contributed by atoms with Gasteiger partial charge in [0.15, 0.2) is 10.3 Å². The van der Waals surface area contributed by atoms with E-state index in [-0.39, 0.29) is 5.56 Å². The van der Waals surface area contributed by atoms with Gasteiger partial charge in [-0.3, -0.25) is 4.79 Å². The van der Waals surface area contributed by atoms with Crippen LogP contribution in [0, 0.1) is 0 Å². The van der Waals surface area contributed by atoms with Crippen molar-refractivity contribution in [3.8, 4) is 0 Å². The molecule has 3 N–H and O–H groups in total. The molecule has 0 atom stereocenters. The monoisotopic (exact) mass is 274 g/mol. The van der Waals surface area contributed by atoms with Crippen molar-refractivity contribution in [3.63, 3.8) is 0 Å². The first-order chi connectivity index (χ1) is 9.13. The van der Waals surface area contributed by atoms with Crippen molar-refractivity contribution in [1.82, 2.24) is 24.7 Å². The lowest BCUT2D eigenvalue weighted by molar-refractivity contribution is 0.784. The lowest BCUT2D eigenvalue weighted by atomic mass is 10.2. The van der Waals surface area contributed by atoms with Crippen LogP contribution in [0.4, 0.5) is 5.69 Å². The smallest absolute Gasteiger partial charge is 0.259 e. The van der Waals surface area contributed by atoms with E-state index in [0.717, 1.165) is 0 Å². The lowest BCUT2D eigenvalue weighted by Crippen LogP contribution is -2.09. The number of nitrogens with one attached hydrogen (secondary N) is 1. The topological polar surface area (TPSA) is 102 Å². The van der Waals surface area contributed by atoms with E-state index in [0.29, 0.717) is 26.9 Å². The molecule has 0 unspecified atom stereocenters. The van der Waals surface area contributed by atoms with E-state index in [1.807, 2.05) is 7.05 Å². The van der Waals surface area contributed by atoms with Crippen LogP contribution >= 0.6 is 11.8 Å². The van der Waals surface area contributed by atoms with E-state index >= 15 is 0 Å². The number of benzene rings is 1. The number of hydrogen-bond donors (Lipinski definition) is 2. The molecule has 8 heteroatoms. The van der Waals surface area contributed by atoms with Gasteiger partial charge >= 0.3 is 0 Å². The molecule has 7 nitrogen and oxygen atoms in total. The number of nitrogen functional groups attached to an aromatic ring is 1. The third-order valence-corrected chi connectivity index (χ3v) is 3.50. The maximum atomic E-state index is 12.0. The van der Waals surface area contributed by atoms with Crippen LogP contribution in [-0.2, 0) is 7.05 Å². The van der Waals surface area contributed by atoms with Crippen molar-refractivity contribution >= 4 is 28.4 Å². The average Bonchev–Trinajstić information content (AvgIpc) is 2.76. The predicted molar refractivity (Wildman–Crippen MR) is 71.9 cm³/mol. The summed E-state index contributed by atoms with van der Waals surface area (Å²) < 4.78 is 1.75. The molecule has 0 radical (unpaired) electrons. The molecule has 0 aliphatic heterocycles. The number of aromatic amines is 1. The van der Waals surface area contributed by atoms with Gasteiger partial charge in [0.2, 0.25) is 0 Å². The number of nitrogens with zero attached hydrogens (tertiary/aromatic N) is 4. The van der Waals surface area contributed by atoms with E-state index in [1.165, 1.54) is 11.8 Å². The number of hydrogen-bond acceptors (Lipinski definition) is 6. The van der Waals surface area contributed by atoms with Crippen LogP contribution in [0.2, 0.25) is 0 Å². The zero-order valence-corrected chi connectivity index (χ0v) is 10.8. The Morgan fingerprint density at radius 1 is 1.42 bits per heavy atom. The molecule has 0 spiro atoms. The summed E-state index contributed by atoms with van der Waals surface area (Å²) in [6.45, 7) is 0. The average molecular weight is 274 g/mol. The van der Waals surface area contributed by atoms with Gasteiger partial charge in [-0.1, -0.05) is 0 Å². The summed E-state index contributed by atoms with van der Waals surface area (Å²) in [6, 6.07) is 5.05. The largest absolute Gasteiger partial charge is 0.399 e. The van der Waals surface area contributed by atoms with Crippen molar-refractivity contribution in [2.75, 3.05) is 5.73 Å². The van der Waals surface area contributed by atoms with Gasteiger partial charge in [-0.15, -0.1) is 10.2 Å². The highest BCUT2D eigenvalue weighted by Crippen LogP contribution is 2.22. The van der Waals surface area contributed by atoms with Crippen LogP contribution < -0.4 is 11.3 Å². The van der Waals surface area contributed by atoms with Gasteiger partial charge in [0, 0.05) is 12.7 Å². The van der Waals surface area contributed by atoms with Gasteiger partial charge in [-0.25, -0.2) is 4.98 Å². The molecule has 0 bridgehead atoms. The number of aromatic nitrogens is 5. The summed E-state index contributed by atoms with van der Waals surface area (Å²) in [5.41, 5.74) is 6.57. The minimum absolute atomic E-state index is 0.220. The molecule has 0 aliphatic rings. The van der Waals surface area contributed by atoms with Gasteiger partial charge < -0.3 is 15.3 Å². The molecule has 19 heavy (non-hydrogen) atoms. The second-order valence-corrected chi connectivity index (χ2v) is 4.93. The Labute approximate surface area is 111 Å². The number of rotatable bonds is 2. The zero-order chi connectivity index (χ0) is 13.4. The normalized spacial score (nSPS) is 11.0. The van der Waals surface area contributed by atoms with Crippen LogP contribution in [0.5, 0.6) is 0 Å². The third kappa shape index (κ3) is 2.17. The van der Waals surface area contributed by atoms with Crippen molar-refractivity contribution < 1.29 is 0 Å². The molecule has 96 valence electrons. The Balaban J connectivity index is 2.09. The Morgan fingerprint density at radius 3 is 3.00 bits per heavy atom.